The zero-order valence-electron chi connectivity index (χ0n) is 8.53. The molecule has 0 saturated heterocycles. The molecule has 0 fully saturated rings. The summed E-state index contributed by atoms with van der Waals surface area (Å²) in [6.45, 7) is 0.451. The first kappa shape index (κ1) is 13.6. The van der Waals surface area contributed by atoms with Gasteiger partial charge in [0.25, 0.3) is 0 Å². The fourth-order valence-corrected chi connectivity index (χ4v) is 2.18. The topological polar surface area (TPSA) is 43.4 Å². The largest absolute Gasteiger partial charge is 0.494 e. The van der Waals surface area contributed by atoms with E-state index in [2.05, 4.69) is 0 Å². The average Bonchev–Trinajstić information content (AvgIpc) is 2.15. The van der Waals surface area contributed by atoms with Crippen molar-refractivity contribution in [2.45, 2.75) is 12.8 Å². The van der Waals surface area contributed by atoms with Crippen molar-refractivity contribution < 1.29 is 13.2 Å². The van der Waals surface area contributed by atoms with E-state index < -0.39 is 9.05 Å². The molecule has 1 aromatic rings. The number of hydrogen-bond donors (Lipinski definition) is 0. The molecule has 0 aliphatic rings. The Kier molecular flexibility index (Phi) is 5.38. The third kappa shape index (κ3) is 6.20. The van der Waals surface area contributed by atoms with Crippen LogP contribution in [0.25, 0.3) is 0 Å². The van der Waals surface area contributed by atoms with Gasteiger partial charge in [-0.2, -0.15) is 0 Å². The molecule has 0 saturated carbocycles. The lowest BCUT2D eigenvalue weighted by molar-refractivity contribution is 0.309. The molecular weight excluding hydrogens is 271 g/mol. The van der Waals surface area contributed by atoms with Crippen LogP contribution in [0, 0.1) is 0 Å². The van der Waals surface area contributed by atoms with Gasteiger partial charge < -0.3 is 4.74 Å². The molecule has 1 rings (SSSR count). The molecule has 0 aliphatic heterocycles. The van der Waals surface area contributed by atoms with E-state index in [0.29, 0.717) is 30.2 Å². The molecule has 3 nitrogen and oxygen atoms in total. The lowest BCUT2D eigenvalue weighted by Crippen LogP contribution is -2.02. The van der Waals surface area contributed by atoms with E-state index in [-0.39, 0.29) is 5.75 Å². The minimum absolute atomic E-state index is 0.0204. The molecule has 0 N–H and O–H groups in total. The van der Waals surface area contributed by atoms with Crippen molar-refractivity contribution in [1.29, 1.82) is 0 Å². The lowest BCUT2D eigenvalue weighted by atomic mass is 10.3. The number of unbranched alkanes of at least 4 members (excludes halogenated alkanes) is 1. The highest BCUT2D eigenvalue weighted by Crippen LogP contribution is 2.17. The molecule has 0 atom stereocenters. The second-order valence-corrected chi connectivity index (χ2v) is 6.59. The van der Waals surface area contributed by atoms with Crippen molar-refractivity contribution in [2.75, 3.05) is 12.4 Å². The third-order valence-corrected chi connectivity index (χ3v) is 3.32. The standard InChI is InChI=1S/C10H12Cl2O3S/c11-9-4-3-5-10(8-9)15-6-1-2-7-16(12,13)14/h3-5,8H,1-2,6-7H2. The smallest absolute Gasteiger partial charge is 0.232 e. The molecule has 0 amide bonds. The third-order valence-electron chi connectivity index (χ3n) is 1.85. The van der Waals surface area contributed by atoms with Gasteiger partial charge in [-0.15, -0.1) is 0 Å². The van der Waals surface area contributed by atoms with Gasteiger partial charge in [-0.25, -0.2) is 8.42 Å². The molecular formula is C10H12Cl2O3S. The van der Waals surface area contributed by atoms with Gasteiger partial charge in [0.2, 0.25) is 9.05 Å². The molecule has 0 spiro atoms. The van der Waals surface area contributed by atoms with Crippen LogP contribution >= 0.6 is 22.3 Å². The Bertz CT molecular complexity index is 431. The van der Waals surface area contributed by atoms with E-state index in [4.69, 9.17) is 27.0 Å². The summed E-state index contributed by atoms with van der Waals surface area (Å²) in [7, 11) is 1.68. The normalized spacial score (nSPS) is 11.4. The van der Waals surface area contributed by atoms with Crippen LogP contribution in [0.15, 0.2) is 24.3 Å². The molecule has 6 heteroatoms. The number of rotatable bonds is 6. The highest BCUT2D eigenvalue weighted by atomic mass is 35.7. The summed E-state index contributed by atoms with van der Waals surface area (Å²) in [6.07, 6.45) is 1.13. The fourth-order valence-electron chi connectivity index (χ4n) is 1.12. The first-order chi connectivity index (χ1) is 7.47. The average molecular weight is 283 g/mol. The minimum atomic E-state index is -3.38. The second-order valence-electron chi connectivity index (χ2n) is 3.26. The number of halogens is 2. The maximum absolute atomic E-state index is 10.6. The van der Waals surface area contributed by atoms with E-state index in [9.17, 15) is 8.42 Å². The van der Waals surface area contributed by atoms with Crippen LogP contribution in [0.4, 0.5) is 0 Å². The van der Waals surface area contributed by atoms with Crippen LogP contribution < -0.4 is 4.74 Å². The highest BCUT2D eigenvalue weighted by molar-refractivity contribution is 8.13. The Labute approximate surface area is 105 Å². The predicted octanol–water partition coefficient (Wildman–Crippen LogP) is 3.07. The summed E-state index contributed by atoms with van der Waals surface area (Å²) in [4.78, 5) is 0. The van der Waals surface area contributed by atoms with Crippen molar-refractivity contribution in [3.05, 3.63) is 29.3 Å². The quantitative estimate of drug-likeness (QED) is 0.595. The summed E-state index contributed by atoms with van der Waals surface area (Å²) in [5.41, 5.74) is 0. The zero-order chi connectivity index (χ0) is 12.0. The predicted molar refractivity (Wildman–Crippen MR) is 65.8 cm³/mol. The van der Waals surface area contributed by atoms with E-state index in [1.54, 1.807) is 24.3 Å². The molecule has 0 radical (unpaired) electrons. The van der Waals surface area contributed by atoms with Gasteiger partial charge in [0.15, 0.2) is 0 Å². The van der Waals surface area contributed by atoms with Gasteiger partial charge >= 0.3 is 0 Å². The first-order valence-corrected chi connectivity index (χ1v) is 7.64. The molecule has 1 aromatic carbocycles. The highest BCUT2D eigenvalue weighted by Gasteiger charge is 2.04. The van der Waals surface area contributed by atoms with Crippen LogP contribution in [0.2, 0.25) is 5.02 Å². The Hall–Kier alpha value is -0.450. The molecule has 0 aliphatic carbocycles. The lowest BCUT2D eigenvalue weighted by Gasteiger charge is -2.05. The molecule has 0 bridgehead atoms. The van der Waals surface area contributed by atoms with Gasteiger partial charge in [0.1, 0.15) is 5.75 Å². The van der Waals surface area contributed by atoms with Gasteiger partial charge in [-0.05, 0) is 31.0 Å². The van der Waals surface area contributed by atoms with E-state index in [1.807, 2.05) is 0 Å². The SMILES string of the molecule is O=S(=O)(Cl)CCCCOc1cccc(Cl)c1. The number of hydrogen-bond acceptors (Lipinski definition) is 3. The second kappa shape index (κ2) is 6.33. The zero-order valence-corrected chi connectivity index (χ0v) is 10.9. The van der Waals surface area contributed by atoms with E-state index >= 15 is 0 Å². The summed E-state index contributed by atoms with van der Waals surface area (Å²) >= 11 is 5.77. The Balaban J connectivity index is 2.21. The maximum Gasteiger partial charge on any atom is 0.232 e. The summed E-state index contributed by atoms with van der Waals surface area (Å²) in [6, 6.07) is 7.05. The van der Waals surface area contributed by atoms with Gasteiger partial charge in [0, 0.05) is 15.7 Å². The number of ether oxygens (including phenoxy) is 1. The van der Waals surface area contributed by atoms with E-state index in [0.717, 1.165) is 0 Å². The van der Waals surface area contributed by atoms with Crippen molar-refractivity contribution >= 4 is 31.3 Å². The molecule has 0 aromatic heterocycles. The van der Waals surface area contributed by atoms with Gasteiger partial charge in [0.05, 0.1) is 12.4 Å². The van der Waals surface area contributed by atoms with Crippen LogP contribution in [0.3, 0.4) is 0 Å². The summed E-state index contributed by atoms with van der Waals surface area (Å²) < 4.78 is 26.6. The van der Waals surface area contributed by atoms with Crippen molar-refractivity contribution in [1.82, 2.24) is 0 Å². The van der Waals surface area contributed by atoms with Crippen molar-refractivity contribution in [2.24, 2.45) is 0 Å². The van der Waals surface area contributed by atoms with Crippen molar-refractivity contribution in [3.8, 4) is 5.75 Å². The fraction of sp³-hybridized carbons (Fsp3) is 0.400. The monoisotopic (exact) mass is 282 g/mol. The maximum atomic E-state index is 10.6. The summed E-state index contributed by atoms with van der Waals surface area (Å²) in [5, 5.41) is 0.612. The van der Waals surface area contributed by atoms with Crippen molar-refractivity contribution in [3.63, 3.8) is 0 Å². The molecule has 16 heavy (non-hydrogen) atoms. The van der Waals surface area contributed by atoms with Gasteiger partial charge in [-0.1, -0.05) is 17.7 Å². The molecule has 0 heterocycles. The molecule has 90 valence electrons. The summed E-state index contributed by atoms with van der Waals surface area (Å²) in [5.74, 6) is 0.661. The van der Waals surface area contributed by atoms with Crippen LogP contribution in [-0.4, -0.2) is 20.8 Å². The Morgan fingerprint density at radius 2 is 2.00 bits per heavy atom. The van der Waals surface area contributed by atoms with Crippen LogP contribution in [0.1, 0.15) is 12.8 Å². The van der Waals surface area contributed by atoms with Crippen LogP contribution in [-0.2, 0) is 9.05 Å². The Morgan fingerprint density at radius 1 is 1.25 bits per heavy atom. The van der Waals surface area contributed by atoms with Gasteiger partial charge in [-0.3, -0.25) is 0 Å². The minimum Gasteiger partial charge on any atom is -0.494 e. The molecule has 0 unspecified atom stereocenters. The number of benzene rings is 1. The Morgan fingerprint density at radius 3 is 2.62 bits per heavy atom. The van der Waals surface area contributed by atoms with E-state index in [1.165, 1.54) is 0 Å². The van der Waals surface area contributed by atoms with Crippen LogP contribution in [0.5, 0.6) is 5.75 Å². The first-order valence-electron chi connectivity index (χ1n) is 4.78.